The molecule has 0 aliphatic heterocycles. The van der Waals surface area contributed by atoms with E-state index in [9.17, 15) is 0 Å². The number of aryl methyl sites for hydroxylation is 1. The van der Waals surface area contributed by atoms with Crippen molar-refractivity contribution in [2.24, 2.45) is 5.73 Å². The molecule has 4 heteroatoms. The zero-order valence-corrected chi connectivity index (χ0v) is 11.3. The van der Waals surface area contributed by atoms with Gasteiger partial charge in [0.05, 0.1) is 0 Å². The number of nitrogens with zero attached hydrogens (tertiary/aromatic N) is 3. The summed E-state index contributed by atoms with van der Waals surface area (Å²) in [5, 5.41) is 8.50. The van der Waals surface area contributed by atoms with Crippen molar-refractivity contribution in [2.75, 3.05) is 0 Å². The van der Waals surface area contributed by atoms with E-state index in [1.807, 2.05) is 61.5 Å². The summed E-state index contributed by atoms with van der Waals surface area (Å²) in [4.78, 5) is 0. The molecule has 1 aromatic heterocycles. The van der Waals surface area contributed by atoms with E-state index < -0.39 is 0 Å². The highest BCUT2D eigenvalue weighted by Crippen LogP contribution is 2.22. The zero-order valence-electron chi connectivity index (χ0n) is 11.3. The molecule has 0 spiro atoms. The van der Waals surface area contributed by atoms with Gasteiger partial charge in [-0.3, -0.25) is 4.57 Å². The molecule has 3 rings (SSSR count). The Balaban J connectivity index is 2.11. The Morgan fingerprint density at radius 3 is 2.30 bits per heavy atom. The number of aromatic nitrogens is 3. The second-order valence-corrected chi connectivity index (χ2v) is 4.64. The third-order valence-corrected chi connectivity index (χ3v) is 3.29. The van der Waals surface area contributed by atoms with Crippen molar-refractivity contribution < 1.29 is 0 Å². The van der Waals surface area contributed by atoms with Crippen LogP contribution in [-0.2, 0) is 6.54 Å². The van der Waals surface area contributed by atoms with Crippen LogP contribution in [0.25, 0.3) is 17.1 Å². The van der Waals surface area contributed by atoms with Gasteiger partial charge in [0.15, 0.2) is 5.82 Å². The van der Waals surface area contributed by atoms with Gasteiger partial charge in [0.1, 0.15) is 5.82 Å². The van der Waals surface area contributed by atoms with E-state index in [0.29, 0.717) is 6.54 Å². The highest BCUT2D eigenvalue weighted by molar-refractivity contribution is 5.59. The van der Waals surface area contributed by atoms with E-state index >= 15 is 0 Å². The molecule has 0 aliphatic carbocycles. The van der Waals surface area contributed by atoms with Crippen LogP contribution >= 0.6 is 0 Å². The molecule has 0 atom stereocenters. The first-order valence-electron chi connectivity index (χ1n) is 6.56. The normalized spacial score (nSPS) is 10.7. The maximum atomic E-state index is 5.63. The largest absolute Gasteiger partial charge is 0.326 e. The minimum atomic E-state index is 0.546. The first-order chi connectivity index (χ1) is 9.79. The summed E-state index contributed by atoms with van der Waals surface area (Å²) in [5.74, 6) is 1.71. The average Bonchev–Trinajstić information content (AvgIpc) is 2.90. The SMILES string of the molecule is Cc1nnc(-c2ccc(CN)cc2)n1-c1ccccc1. The molecule has 0 saturated carbocycles. The quantitative estimate of drug-likeness (QED) is 0.791. The zero-order chi connectivity index (χ0) is 13.9. The molecule has 0 bridgehead atoms. The molecule has 0 fully saturated rings. The molecule has 2 N–H and O–H groups in total. The maximum absolute atomic E-state index is 5.63. The lowest BCUT2D eigenvalue weighted by molar-refractivity contribution is 0.972. The van der Waals surface area contributed by atoms with Gasteiger partial charge in [-0.15, -0.1) is 10.2 Å². The fraction of sp³-hybridized carbons (Fsp3) is 0.125. The summed E-state index contributed by atoms with van der Waals surface area (Å²) in [5.41, 5.74) is 8.83. The van der Waals surface area contributed by atoms with Gasteiger partial charge in [-0.25, -0.2) is 0 Å². The van der Waals surface area contributed by atoms with Crippen molar-refractivity contribution in [3.05, 3.63) is 66.0 Å². The van der Waals surface area contributed by atoms with Crippen LogP contribution in [0.15, 0.2) is 54.6 Å². The summed E-state index contributed by atoms with van der Waals surface area (Å²) < 4.78 is 2.05. The minimum Gasteiger partial charge on any atom is -0.326 e. The number of benzene rings is 2. The summed E-state index contributed by atoms with van der Waals surface area (Å²) in [6, 6.07) is 18.2. The molecule has 20 heavy (non-hydrogen) atoms. The lowest BCUT2D eigenvalue weighted by Gasteiger charge is -2.09. The molecule has 2 aromatic carbocycles. The van der Waals surface area contributed by atoms with Crippen molar-refractivity contribution >= 4 is 0 Å². The fourth-order valence-electron chi connectivity index (χ4n) is 2.23. The number of hydrogen-bond acceptors (Lipinski definition) is 3. The van der Waals surface area contributed by atoms with E-state index in [1.165, 1.54) is 0 Å². The van der Waals surface area contributed by atoms with Crippen LogP contribution in [0.4, 0.5) is 0 Å². The van der Waals surface area contributed by atoms with Gasteiger partial charge >= 0.3 is 0 Å². The average molecular weight is 264 g/mol. The van der Waals surface area contributed by atoms with Crippen LogP contribution in [0.5, 0.6) is 0 Å². The van der Waals surface area contributed by atoms with Gasteiger partial charge in [-0.2, -0.15) is 0 Å². The number of rotatable bonds is 3. The van der Waals surface area contributed by atoms with Crippen LogP contribution in [0, 0.1) is 6.92 Å². The number of nitrogens with two attached hydrogens (primary N) is 1. The number of para-hydroxylation sites is 1. The van der Waals surface area contributed by atoms with Crippen LogP contribution < -0.4 is 5.73 Å². The lowest BCUT2D eigenvalue weighted by Crippen LogP contribution is -2.00. The van der Waals surface area contributed by atoms with Gasteiger partial charge < -0.3 is 5.73 Å². The van der Waals surface area contributed by atoms with Crippen LogP contribution in [-0.4, -0.2) is 14.8 Å². The Labute approximate surface area is 117 Å². The van der Waals surface area contributed by atoms with Gasteiger partial charge in [-0.05, 0) is 24.6 Å². The van der Waals surface area contributed by atoms with Gasteiger partial charge in [0.2, 0.25) is 0 Å². The van der Waals surface area contributed by atoms with Gasteiger partial charge in [0, 0.05) is 17.8 Å². The molecule has 4 nitrogen and oxygen atoms in total. The predicted octanol–water partition coefficient (Wildman–Crippen LogP) is 2.70. The number of hydrogen-bond donors (Lipinski definition) is 1. The Morgan fingerprint density at radius 2 is 1.65 bits per heavy atom. The third-order valence-electron chi connectivity index (χ3n) is 3.29. The summed E-state index contributed by atoms with van der Waals surface area (Å²) in [6.07, 6.45) is 0. The maximum Gasteiger partial charge on any atom is 0.168 e. The first kappa shape index (κ1) is 12.6. The van der Waals surface area contributed by atoms with Crippen LogP contribution in [0.2, 0.25) is 0 Å². The van der Waals surface area contributed by atoms with Crippen molar-refractivity contribution in [1.29, 1.82) is 0 Å². The first-order valence-corrected chi connectivity index (χ1v) is 6.56. The Hall–Kier alpha value is -2.46. The summed E-state index contributed by atoms with van der Waals surface area (Å²) >= 11 is 0. The fourth-order valence-corrected chi connectivity index (χ4v) is 2.23. The molecule has 0 radical (unpaired) electrons. The Morgan fingerprint density at radius 1 is 0.950 bits per heavy atom. The summed E-state index contributed by atoms with van der Waals surface area (Å²) in [7, 11) is 0. The van der Waals surface area contributed by atoms with E-state index in [2.05, 4.69) is 14.8 Å². The topological polar surface area (TPSA) is 56.7 Å². The molecule has 0 unspecified atom stereocenters. The molecule has 100 valence electrons. The third kappa shape index (κ3) is 2.21. The van der Waals surface area contributed by atoms with Crippen molar-refractivity contribution in [2.45, 2.75) is 13.5 Å². The second kappa shape index (κ2) is 5.27. The highest BCUT2D eigenvalue weighted by atomic mass is 15.3. The van der Waals surface area contributed by atoms with Gasteiger partial charge in [0.25, 0.3) is 0 Å². The lowest BCUT2D eigenvalue weighted by atomic mass is 10.1. The van der Waals surface area contributed by atoms with E-state index in [4.69, 9.17) is 5.73 Å². The highest BCUT2D eigenvalue weighted by Gasteiger charge is 2.12. The van der Waals surface area contributed by atoms with Crippen LogP contribution in [0.1, 0.15) is 11.4 Å². The molecule has 0 amide bonds. The molecule has 0 aliphatic rings. The second-order valence-electron chi connectivity index (χ2n) is 4.64. The van der Waals surface area contributed by atoms with E-state index in [1.54, 1.807) is 0 Å². The van der Waals surface area contributed by atoms with Crippen molar-refractivity contribution in [3.8, 4) is 17.1 Å². The molecular formula is C16H16N4. The molecular weight excluding hydrogens is 248 g/mol. The summed E-state index contributed by atoms with van der Waals surface area (Å²) in [6.45, 7) is 2.50. The predicted molar refractivity (Wildman–Crippen MR) is 79.4 cm³/mol. The molecule has 1 heterocycles. The van der Waals surface area contributed by atoms with E-state index in [0.717, 1.165) is 28.5 Å². The monoisotopic (exact) mass is 264 g/mol. The Bertz CT molecular complexity index is 699. The minimum absolute atomic E-state index is 0.546. The van der Waals surface area contributed by atoms with Crippen molar-refractivity contribution in [3.63, 3.8) is 0 Å². The Kier molecular flexibility index (Phi) is 3.31. The smallest absolute Gasteiger partial charge is 0.168 e. The van der Waals surface area contributed by atoms with E-state index in [-0.39, 0.29) is 0 Å². The molecule has 3 aromatic rings. The van der Waals surface area contributed by atoms with Gasteiger partial charge in [-0.1, -0.05) is 42.5 Å². The standard InChI is InChI=1S/C16H16N4/c1-12-18-19-16(14-9-7-13(11-17)8-10-14)20(12)15-5-3-2-4-6-15/h2-10H,11,17H2,1H3. The molecule has 0 saturated heterocycles. The van der Waals surface area contributed by atoms with Crippen molar-refractivity contribution in [1.82, 2.24) is 14.8 Å². The van der Waals surface area contributed by atoms with Crippen LogP contribution in [0.3, 0.4) is 0 Å².